The Hall–Kier alpha value is -1.19. The third-order valence-electron chi connectivity index (χ3n) is 3.55. The van der Waals surface area contributed by atoms with E-state index in [-0.39, 0.29) is 18.3 Å². The normalized spacial score (nSPS) is 12.4. The van der Waals surface area contributed by atoms with Crippen molar-refractivity contribution in [3.63, 3.8) is 0 Å². The van der Waals surface area contributed by atoms with Crippen molar-refractivity contribution in [2.75, 3.05) is 6.61 Å². The van der Waals surface area contributed by atoms with Gasteiger partial charge in [-0.15, -0.1) is 0 Å². The fraction of sp³-hybridized carbons (Fsp3) is 0.294. The molecule has 106 valence electrons. The van der Waals surface area contributed by atoms with Gasteiger partial charge in [0.05, 0.1) is 0 Å². The zero-order valence-electron chi connectivity index (χ0n) is 11.4. The Morgan fingerprint density at radius 3 is 2.45 bits per heavy atom. The molecule has 0 spiro atoms. The van der Waals surface area contributed by atoms with Gasteiger partial charge in [0, 0.05) is 11.1 Å². The summed E-state index contributed by atoms with van der Waals surface area (Å²) < 4.78 is 13.9. The average molecular weight is 337 g/mol. The zero-order valence-corrected chi connectivity index (χ0v) is 13.0. The van der Waals surface area contributed by atoms with Crippen LogP contribution in [0.5, 0.6) is 0 Å². The molecule has 0 aliphatic heterocycles. The summed E-state index contributed by atoms with van der Waals surface area (Å²) in [5.41, 5.74) is 3.52. The summed E-state index contributed by atoms with van der Waals surface area (Å²) in [6, 6.07) is 12.9. The highest BCUT2D eigenvalue weighted by atomic mass is 79.9. The van der Waals surface area contributed by atoms with Crippen LogP contribution < -0.4 is 0 Å². The second-order valence-electron chi connectivity index (χ2n) is 5.12. The molecule has 0 radical (unpaired) electrons. The van der Waals surface area contributed by atoms with Crippen molar-refractivity contribution in [2.45, 2.75) is 19.8 Å². The van der Waals surface area contributed by atoms with Crippen LogP contribution in [0.2, 0.25) is 0 Å². The molecule has 0 saturated carbocycles. The fourth-order valence-electron chi connectivity index (χ4n) is 2.35. The van der Waals surface area contributed by atoms with E-state index in [2.05, 4.69) is 35.0 Å². The Morgan fingerprint density at radius 2 is 1.80 bits per heavy atom. The smallest absolute Gasteiger partial charge is 0.124 e. The Kier molecular flexibility index (Phi) is 5.32. The van der Waals surface area contributed by atoms with Crippen molar-refractivity contribution in [1.29, 1.82) is 0 Å². The van der Waals surface area contributed by atoms with Gasteiger partial charge < -0.3 is 5.11 Å². The molecule has 0 aliphatic carbocycles. The first-order valence-electron chi connectivity index (χ1n) is 6.69. The van der Waals surface area contributed by atoms with Crippen LogP contribution in [0.4, 0.5) is 4.39 Å². The lowest BCUT2D eigenvalue weighted by Gasteiger charge is -2.16. The van der Waals surface area contributed by atoms with Crippen LogP contribution in [0.25, 0.3) is 0 Å². The van der Waals surface area contributed by atoms with Gasteiger partial charge in [-0.2, -0.15) is 0 Å². The van der Waals surface area contributed by atoms with E-state index < -0.39 is 0 Å². The molecule has 2 rings (SSSR count). The molecule has 2 aromatic carbocycles. The fourth-order valence-corrected chi connectivity index (χ4v) is 2.86. The quantitative estimate of drug-likeness (QED) is 0.863. The van der Waals surface area contributed by atoms with Crippen LogP contribution in [-0.4, -0.2) is 11.7 Å². The van der Waals surface area contributed by atoms with Crippen molar-refractivity contribution < 1.29 is 9.50 Å². The Morgan fingerprint density at radius 1 is 1.10 bits per heavy atom. The molecular formula is C17H18BrFO. The predicted molar refractivity (Wildman–Crippen MR) is 83.3 cm³/mol. The molecule has 1 atom stereocenters. The summed E-state index contributed by atoms with van der Waals surface area (Å²) in [6.45, 7) is 2.20. The number of benzene rings is 2. The first-order valence-corrected chi connectivity index (χ1v) is 7.48. The minimum atomic E-state index is -0.250. The van der Waals surface area contributed by atoms with Crippen molar-refractivity contribution in [3.8, 4) is 0 Å². The molecular weight excluding hydrogens is 319 g/mol. The molecule has 1 N–H and O–H groups in total. The lowest BCUT2D eigenvalue weighted by Crippen LogP contribution is -2.14. The van der Waals surface area contributed by atoms with Crippen molar-refractivity contribution >= 4 is 15.9 Å². The molecule has 3 heteroatoms. The molecule has 20 heavy (non-hydrogen) atoms. The molecule has 2 aromatic rings. The van der Waals surface area contributed by atoms with E-state index >= 15 is 0 Å². The van der Waals surface area contributed by atoms with E-state index in [1.54, 1.807) is 6.07 Å². The topological polar surface area (TPSA) is 20.2 Å². The Bertz CT molecular complexity index is 583. The second-order valence-corrected chi connectivity index (χ2v) is 5.97. The van der Waals surface area contributed by atoms with Crippen LogP contribution in [-0.2, 0) is 12.8 Å². The first-order chi connectivity index (χ1) is 9.60. The van der Waals surface area contributed by atoms with Gasteiger partial charge in [0.25, 0.3) is 0 Å². The molecule has 0 aromatic heterocycles. The van der Waals surface area contributed by atoms with Crippen molar-refractivity contribution in [2.24, 2.45) is 5.92 Å². The number of aliphatic hydroxyl groups is 1. The SMILES string of the molecule is Cc1ccccc1CC(CO)Cc1ccc(F)cc1Br. The van der Waals surface area contributed by atoms with Gasteiger partial charge >= 0.3 is 0 Å². The van der Waals surface area contributed by atoms with E-state index in [4.69, 9.17) is 0 Å². The minimum absolute atomic E-state index is 0.123. The Labute approximate surface area is 127 Å². The van der Waals surface area contributed by atoms with Crippen LogP contribution in [0, 0.1) is 18.7 Å². The van der Waals surface area contributed by atoms with Gasteiger partial charge in [-0.1, -0.05) is 46.3 Å². The largest absolute Gasteiger partial charge is 0.396 e. The average Bonchev–Trinajstić information content (AvgIpc) is 2.43. The van der Waals surface area contributed by atoms with Gasteiger partial charge in [0.1, 0.15) is 5.82 Å². The molecule has 1 unspecified atom stereocenters. The van der Waals surface area contributed by atoms with Gasteiger partial charge in [0.2, 0.25) is 0 Å². The second kappa shape index (κ2) is 7.00. The summed E-state index contributed by atoms with van der Waals surface area (Å²) >= 11 is 3.38. The van der Waals surface area contributed by atoms with E-state index in [1.807, 2.05) is 12.1 Å². The van der Waals surface area contributed by atoms with Crippen LogP contribution in [0.3, 0.4) is 0 Å². The lowest BCUT2D eigenvalue weighted by molar-refractivity contribution is 0.224. The van der Waals surface area contributed by atoms with E-state index in [0.29, 0.717) is 0 Å². The van der Waals surface area contributed by atoms with E-state index in [0.717, 1.165) is 22.9 Å². The van der Waals surface area contributed by atoms with Gasteiger partial charge in [0.15, 0.2) is 0 Å². The molecule has 0 amide bonds. The van der Waals surface area contributed by atoms with Gasteiger partial charge in [-0.3, -0.25) is 0 Å². The lowest BCUT2D eigenvalue weighted by atomic mass is 9.91. The monoisotopic (exact) mass is 336 g/mol. The van der Waals surface area contributed by atoms with E-state index in [9.17, 15) is 9.50 Å². The molecule has 1 nitrogen and oxygen atoms in total. The number of aryl methyl sites for hydroxylation is 1. The van der Waals surface area contributed by atoms with Crippen molar-refractivity contribution in [1.82, 2.24) is 0 Å². The third kappa shape index (κ3) is 3.90. The van der Waals surface area contributed by atoms with Crippen molar-refractivity contribution in [3.05, 3.63) is 69.4 Å². The minimum Gasteiger partial charge on any atom is -0.396 e. The maximum Gasteiger partial charge on any atom is 0.124 e. The summed E-state index contributed by atoms with van der Waals surface area (Å²) in [5, 5.41) is 9.60. The molecule has 0 aliphatic rings. The summed E-state index contributed by atoms with van der Waals surface area (Å²) in [6.07, 6.45) is 1.55. The maximum absolute atomic E-state index is 13.1. The van der Waals surface area contributed by atoms with Crippen LogP contribution in [0.1, 0.15) is 16.7 Å². The number of halogens is 2. The van der Waals surface area contributed by atoms with Crippen LogP contribution >= 0.6 is 15.9 Å². The number of rotatable bonds is 5. The standard InChI is InChI=1S/C17H18BrFO/c1-12-4-2-3-5-14(12)8-13(11-20)9-15-6-7-16(19)10-17(15)18/h2-7,10,13,20H,8-9,11H2,1H3. The van der Waals surface area contributed by atoms with Gasteiger partial charge in [-0.25, -0.2) is 4.39 Å². The highest BCUT2D eigenvalue weighted by molar-refractivity contribution is 9.10. The molecule has 0 fully saturated rings. The maximum atomic E-state index is 13.1. The Balaban J connectivity index is 2.11. The molecule has 0 bridgehead atoms. The number of hydrogen-bond acceptors (Lipinski definition) is 1. The highest BCUT2D eigenvalue weighted by Gasteiger charge is 2.13. The molecule has 0 heterocycles. The van der Waals surface area contributed by atoms with Crippen LogP contribution in [0.15, 0.2) is 46.9 Å². The summed E-state index contributed by atoms with van der Waals surface area (Å²) in [7, 11) is 0. The summed E-state index contributed by atoms with van der Waals surface area (Å²) in [4.78, 5) is 0. The summed E-state index contributed by atoms with van der Waals surface area (Å²) in [5.74, 6) is -0.113. The molecule has 0 saturated heterocycles. The number of hydrogen-bond donors (Lipinski definition) is 1. The first kappa shape index (κ1) is 15.2. The number of aliphatic hydroxyl groups excluding tert-OH is 1. The van der Waals surface area contributed by atoms with Gasteiger partial charge in [-0.05, 0) is 54.5 Å². The van der Waals surface area contributed by atoms with E-state index in [1.165, 1.54) is 23.3 Å². The zero-order chi connectivity index (χ0) is 14.5. The third-order valence-corrected chi connectivity index (χ3v) is 4.29. The predicted octanol–water partition coefficient (Wildman–Crippen LogP) is 4.29. The highest BCUT2D eigenvalue weighted by Crippen LogP contribution is 2.23.